The van der Waals surface area contributed by atoms with Gasteiger partial charge in [0, 0.05) is 32.0 Å². The van der Waals surface area contributed by atoms with E-state index in [1.165, 1.54) is 11.9 Å². The minimum Gasteiger partial charge on any atom is -0.493 e. The Kier molecular flexibility index (Phi) is 7.85. The van der Waals surface area contributed by atoms with Gasteiger partial charge in [-0.05, 0) is 55.5 Å². The zero-order valence-corrected chi connectivity index (χ0v) is 20.7. The number of hydrogen-bond acceptors (Lipinski definition) is 4. The molecule has 3 aromatic rings. The highest BCUT2D eigenvalue weighted by atomic mass is 19.4. The highest BCUT2D eigenvalue weighted by Crippen LogP contribution is 2.33. The fraction of sp³-hybridized carbons (Fsp3) is 0.370. The first-order valence-electron chi connectivity index (χ1n) is 12.1. The molecule has 1 N–H and O–H groups in total. The lowest BCUT2D eigenvalue weighted by Gasteiger charge is -2.32. The zero-order chi connectivity index (χ0) is 26.6. The second kappa shape index (κ2) is 11.1. The van der Waals surface area contributed by atoms with E-state index in [9.17, 15) is 22.8 Å². The lowest BCUT2D eigenvalue weighted by atomic mass is 9.89. The fourth-order valence-electron chi connectivity index (χ4n) is 4.40. The Hall–Kier alpha value is -3.82. The molecular formula is C27H29F3N4O3. The van der Waals surface area contributed by atoms with Gasteiger partial charge >= 0.3 is 6.18 Å². The molecule has 37 heavy (non-hydrogen) atoms. The van der Waals surface area contributed by atoms with Crippen LogP contribution in [0.25, 0.3) is 0 Å². The number of hydrogen-bond donors (Lipinski definition) is 1. The van der Waals surface area contributed by atoms with Crippen LogP contribution in [0, 0.1) is 6.92 Å². The van der Waals surface area contributed by atoms with Crippen LogP contribution in [0.15, 0.2) is 54.7 Å². The van der Waals surface area contributed by atoms with E-state index in [0.717, 1.165) is 27.8 Å². The average Bonchev–Trinajstić information content (AvgIpc) is 3.28. The van der Waals surface area contributed by atoms with E-state index in [2.05, 4.69) is 10.4 Å². The van der Waals surface area contributed by atoms with Gasteiger partial charge in [-0.2, -0.15) is 18.3 Å². The fourth-order valence-corrected chi connectivity index (χ4v) is 4.40. The van der Waals surface area contributed by atoms with Crippen LogP contribution in [0.2, 0.25) is 0 Å². The van der Waals surface area contributed by atoms with Gasteiger partial charge in [-0.15, -0.1) is 0 Å². The summed E-state index contributed by atoms with van der Waals surface area (Å²) in [5.74, 6) is 0.0908. The molecule has 196 valence electrons. The first-order valence-corrected chi connectivity index (χ1v) is 12.1. The van der Waals surface area contributed by atoms with E-state index in [0.29, 0.717) is 31.6 Å². The number of ether oxygens (including phenoxy) is 1. The van der Waals surface area contributed by atoms with Crippen molar-refractivity contribution in [3.8, 4) is 5.75 Å². The lowest BCUT2D eigenvalue weighted by molar-refractivity contribution is -0.141. The average molecular weight is 515 g/mol. The summed E-state index contributed by atoms with van der Waals surface area (Å²) in [6, 6.07) is 15.2. The third-order valence-corrected chi connectivity index (χ3v) is 6.39. The molecule has 0 aliphatic carbocycles. The van der Waals surface area contributed by atoms with Crippen molar-refractivity contribution in [1.82, 2.24) is 14.7 Å². The highest BCUT2D eigenvalue weighted by Gasteiger charge is 2.40. The van der Waals surface area contributed by atoms with Gasteiger partial charge < -0.3 is 15.0 Å². The minimum absolute atomic E-state index is 0.152. The summed E-state index contributed by atoms with van der Waals surface area (Å²) in [4.78, 5) is 26.5. The van der Waals surface area contributed by atoms with E-state index in [-0.39, 0.29) is 24.9 Å². The van der Waals surface area contributed by atoms with Crippen LogP contribution in [0.1, 0.15) is 52.4 Å². The Balaban J connectivity index is 1.25. The molecule has 10 heteroatoms. The molecule has 1 aromatic heterocycles. The Morgan fingerprint density at radius 1 is 1.05 bits per heavy atom. The number of carbonyl (C=O) groups is 2. The standard InChI is InChI=1S/C27H29F3N4O3/c1-18-3-9-22(10-4-18)37-16-13-24(35)31-21-7-5-19(6-8-21)20-11-14-34(15-12-20)26(36)23-17-33(2)32-25(23)27(28,29)30/h3-10,17,20H,11-16H2,1-2H3,(H,31,35). The second-order valence-corrected chi connectivity index (χ2v) is 9.21. The number of nitrogens with zero attached hydrogens (tertiary/aromatic N) is 3. The van der Waals surface area contributed by atoms with Gasteiger partial charge in [-0.3, -0.25) is 14.3 Å². The van der Waals surface area contributed by atoms with Gasteiger partial charge in [0.2, 0.25) is 5.91 Å². The van der Waals surface area contributed by atoms with Crippen molar-refractivity contribution in [3.05, 3.63) is 77.1 Å². The van der Waals surface area contributed by atoms with Crippen LogP contribution in [0.5, 0.6) is 5.75 Å². The van der Waals surface area contributed by atoms with Crippen LogP contribution >= 0.6 is 0 Å². The number of carbonyl (C=O) groups excluding carboxylic acids is 2. The quantitative estimate of drug-likeness (QED) is 0.472. The van der Waals surface area contributed by atoms with Gasteiger partial charge in [-0.1, -0.05) is 29.8 Å². The van der Waals surface area contributed by atoms with Crippen molar-refractivity contribution >= 4 is 17.5 Å². The minimum atomic E-state index is -4.68. The van der Waals surface area contributed by atoms with Gasteiger partial charge in [0.25, 0.3) is 5.91 Å². The number of anilines is 1. The number of piperidine rings is 1. The van der Waals surface area contributed by atoms with Crippen LogP contribution in [-0.2, 0) is 18.0 Å². The van der Waals surface area contributed by atoms with Crippen LogP contribution in [0.3, 0.4) is 0 Å². The molecular weight excluding hydrogens is 485 g/mol. The van der Waals surface area contributed by atoms with Gasteiger partial charge in [0.05, 0.1) is 18.6 Å². The number of nitrogens with one attached hydrogen (secondary N) is 1. The van der Waals surface area contributed by atoms with E-state index >= 15 is 0 Å². The predicted molar refractivity (Wildman–Crippen MR) is 132 cm³/mol. The summed E-state index contributed by atoms with van der Waals surface area (Å²) in [6.45, 7) is 2.98. The molecule has 1 aliphatic rings. The molecule has 0 atom stereocenters. The molecule has 4 rings (SSSR count). The molecule has 2 aromatic carbocycles. The summed E-state index contributed by atoms with van der Waals surface area (Å²) in [5, 5.41) is 6.28. The molecule has 2 heterocycles. The highest BCUT2D eigenvalue weighted by molar-refractivity contribution is 5.95. The van der Waals surface area contributed by atoms with E-state index in [1.54, 1.807) is 0 Å². The summed E-state index contributed by atoms with van der Waals surface area (Å²) in [6.07, 6.45) is -2.07. The molecule has 0 bridgehead atoms. The maximum absolute atomic E-state index is 13.2. The molecule has 0 unspecified atom stereocenters. The number of amides is 2. The first kappa shape index (κ1) is 26.2. The first-order chi connectivity index (χ1) is 17.6. The van der Waals surface area contributed by atoms with Crippen molar-refractivity contribution < 1.29 is 27.5 Å². The van der Waals surface area contributed by atoms with E-state index in [1.807, 2.05) is 55.5 Å². The van der Waals surface area contributed by atoms with Gasteiger partial charge in [0.15, 0.2) is 5.69 Å². The normalized spacial score (nSPS) is 14.5. The topological polar surface area (TPSA) is 76.5 Å². The monoisotopic (exact) mass is 514 g/mol. The number of rotatable bonds is 7. The van der Waals surface area contributed by atoms with Gasteiger partial charge in [-0.25, -0.2) is 0 Å². The summed E-state index contributed by atoms with van der Waals surface area (Å²) in [7, 11) is 1.36. The lowest BCUT2D eigenvalue weighted by Crippen LogP contribution is -2.38. The molecule has 0 spiro atoms. The predicted octanol–water partition coefficient (Wildman–Crippen LogP) is 5.17. The zero-order valence-electron chi connectivity index (χ0n) is 20.7. The van der Waals surface area contributed by atoms with Crippen LogP contribution in [-0.4, -0.2) is 46.2 Å². The maximum Gasteiger partial charge on any atom is 0.435 e. The molecule has 2 amide bonds. The summed E-state index contributed by atoms with van der Waals surface area (Å²) < 4.78 is 46.4. The largest absolute Gasteiger partial charge is 0.493 e. The maximum atomic E-state index is 13.2. The number of aromatic nitrogens is 2. The van der Waals surface area contributed by atoms with Crippen molar-refractivity contribution in [3.63, 3.8) is 0 Å². The summed E-state index contributed by atoms with van der Waals surface area (Å²) >= 11 is 0. The number of benzene rings is 2. The van der Waals surface area contributed by atoms with E-state index < -0.39 is 23.3 Å². The number of aryl methyl sites for hydroxylation is 2. The molecule has 1 saturated heterocycles. The van der Waals surface area contributed by atoms with Gasteiger partial charge in [0.1, 0.15) is 5.75 Å². The van der Waals surface area contributed by atoms with Crippen molar-refractivity contribution in [1.29, 1.82) is 0 Å². The molecule has 1 fully saturated rings. The second-order valence-electron chi connectivity index (χ2n) is 9.21. The third-order valence-electron chi connectivity index (χ3n) is 6.39. The van der Waals surface area contributed by atoms with Crippen molar-refractivity contribution in [2.24, 2.45) is 7.05 Å². The van der Waals surface area contributed by atoms with Crippen LogP contribution < -0.4 is 10.1 Å². The molecule has 1 aliphatic heterocycles. The number of halogens is 3. The smallest absolute Gasteiger partial charge is 0.435 e. The SMILES string of the molecule is Cc1ccc(OCCC(=O)Nc2ccc(C3CCN(C(=O)c4cn(C)nc4C(F)(F)F)CC3)cc2)cc1. The molecule has 7 nitrogen and oxygen atoms in total. The Morgan fingerprint density at radius 2 is 1.70 bits per heavy atom. The third kappa shape index (κ3) is 6.69. The van der Waals surface area contributed by atoms with Crippen LogP contribution in [0.4, 0.5) is 18.9 Å². The number of likely N-dealkylation sites (tertiary alicyclic amines) is 1. The van der Waals surface area contributed by atoms with E-state index in [4.69, 9.17) is 4.74 Å². The molecule has 0 saturated carbocycles. The summed E-state index contributed by atoms with van der Waals surface area (Å²) in [5.41, 5.74) is 1.30. The Labute approximate surface area is 213 Å². The Morgan fingerprint density at radius 3 is 2.32 bits per heavy atom. The number of alkyl halides is 3. The molecule has 0 radical (unpaired) electrons. The van der Waals surface area contributed by atoms with Crippen molar-refractivity contribution in [2.45, 2.75) is 38.3 Å². The van der Waals surface area contributed by atoms with Crippen molar-refractivity contribution in [2.75, 3.05) is 25.0 Å². The Bertz CT molecular complexity index is 1230.